The molecular weight excluding hydrogens is 280 g/mol. The van der Waals surface area contributed by atoms with Crippen molar-refractivity contribution in [2.24, 2.45) is 0 Å². The van der Waals surface area contributed by atoms with E-state index < -0.39 is 0 Å². The lowest BCUT2D eigenvalue weighted by molar-refractivity contribution is 0.146. The van der Waals surface area contributed by atoms with Crippen molar-refractivity contribution in [2.75, 3.05) is 13.1 Å². The van der Waals surface area contributed by atoms with E-state index in [0.717, 1.165) is 29.1 Å². The van der Waals surface area contributed by atoms with E-state index >= 15 is 0 Å². The Bertz CT molecular complexity index is 480. The first-order valence-electron chi connectivity index (χ1n) is 8.53. The molecular formula is C18H25ClN2. The molecule has 21 heavy (non-hydrogen) atoms. The normalized spacial score (nSPS) is 36.2. The summed E-state index contributed by atoms with van der Waals surface area (Å²) in [5.74, 6) is 0.742. The number of hydrogen-bond donors (Lipinski definition) is 1. The molecule has 3 fully saturated rings. The van der Waals surface area contributed by atoms with Crippen LogP contribution in [0.25, 0.3) is 0 Å². The third-order valence-corrected chi connectivity index (χ3v) is 6.02. The quantitative estimate of drug-likeness (QED) is 0.913. The second-order valence-electron chi connectivity index (χ2n) is 7.14. The number of rotatable bonds is 3. The predicted octanol–water partition coefficient (Wildman–Crippen LogP) is 3.80. The van der Waals surface area contributed by atoms with Crippen molar-refractivity contribution in [1.82, 2.24) is 10.2 Å². The summed E-state index contributed by atoms with van der Waals surface area (Å²) in [5.41, 5.74) is 1.46. The lowest BCUT2D eigenvalue weighted by Gasteiger charge is -2.42. The molecule has 1 aromatic carbocycles. The van der Waals surface area contributed by atoms with Gasteiger partial charge in [-0.1, -0.05) is 23.7 Å². The van der Waals surface area contributed by atoms with E-state index in [1.165, 1.54) is 57.2 Å². The highest BCUT2D eigenvalue weighted by atomic mass is 35.5. The third-order valence-electron chi connectivity index (χ3n) is 5.77. The van der Waals surface area contributed by atoms with Gasteiger partial charge in [0, 0.05) is 23.1 Å². The number of halogens is 1. The van der Waals surface area contributed by atoms with E-state index in [9.17, 15) is 0 Å². The van der Waals surface area contributed by atoms with Crippen LogP contribution in [0.15, 0.2) is 24.3 Å². The Hall–Kier alpha value is -0.570. The molecule has 2 saturated heterocycles. The molecule has 1 saturated carbocycles. The molecule has 2 unspecified atom stereocenters. The fourth-order valence-electron chi connectivity index (χ4n) is 4.47. The maximum atomic E-state index is 5.96. The summed E-state index contributed by atoms with van der Waals surface area (Å²) in [5, 5.41) is 4.77. The number of benzene rings is 1. The van der Waals surface area contributed by atoms with Gasteiger partial charge in [-0.3, -0.25) is 0 Å². The van der Waals surface area contributed by atoms with Crippen molar-refractivity contribution in [2.45, 2.75) is 62.6 Å². The Morgan fingerprint density at radius 2 is 1.76 bits per heavy atom. The highest BCUT2D eigenvalue weighted by Gasteiger charge is 2.35. The molecule has 3 heteroatoms. The van der Waals surface area contributed by atoms with Gasteiger partial charge in [0.15, 0.2) is 0 Å². The number of nitrogens with one attached hydrogen (secondary N) is 1. The fraction of sp³-hybridized carbons (Fsp3) is 0.667. The van der Waals surface area contributed by atoms with Crippen molar-refractivity contribution >= 4 is 11.6 Å². The van der Waals surface area contributed by atoms with Crippen LogP contribution < -0.4 is 5.32 Å². The molecule has 2 nitrogen and oxygen atoms in total. The highest BCUT2D eigenvalue weighted by Crippen LogP contribution is 2.38. The van der Waals surface area contributed by atoms with Gasteiger partial charge in [0.05, 0.1) is 0 Å². The maximum absolute atomic E-state index is 5.96. The first-order valence-corrected chi connectivity index (χ1v) is 8.91. The Balaban J connectivity index is 1.26. The second-order valence-corrected chi connectivity index (χ2v) is 7.57. The van der Waals surface area contributed by atoms with Crippen LogP contribution in [0.1, 0.15) is 50.0 Å². The smallest absolute Gasteiger partial charge is 0.0406 e. The van der Waals surface area contributed by atoms with Gasteiger partial charge in [0.1, 0.15) is 0 Å². The minimum Gasteiger partial charge on any atom is -0.311 e. The molecule has 0 radical (unpaired) electrons. The minimum atomic E-state index is 0.739. The summed E-state index contributed by atoms with van der Waals surface area (Å²) >= 11 is 5.96. The number of fused-ring (bicyclic) bond motifs is 1. The zero-order valence-corrected chi connectivity index (χ0v) is 13.4. The Morgan fingerprint density at radius 1 is 0.952 bits per heavy atom. The van der Waals surface area contributed by atoms with Crippen LogP contribution in [-0.4, -0.2) is 36.1 Å². The highest BCUT2D eigenvalue weighted by molar-refractivity contribution is 6.30. The summed E-state index contributed by atoms with van der Waals surface area (Å²) in [6, 6.07) is 10.8. The van der Waals surface area contributed by atoms with E-state index in [0.29, 0.717) is 0 Å². The van der Waals surface area contributed by atoms with E-state index in [-0.39, 0.29) is 0 Å². The predicted molar refractivity (Wildman–Crippen MR) is 88.0 cm³/mol. The van der Waals surface area contributed by atoms with E-state index in [1.54, 1.807) is 0 Å². The van der Waals surface area contributed by atoms with Gasteiger partial charge in [-0.15, -0.1) is 0 Å². The molecule has 1 N–H and O–H groups in total. The Kier molecular flexibility index (Phi) is 3.95. The van der Waals surface area contributed by atoms with E-state index in [1.807, 2.05) is 12.1 Å². The maximum Gasteiger partial charge on any atom is 0.0406 e. The van der Waals surface area contributed by atoms with Crippen LogP contribution >= 0.6 is 11.6 Å². The lowest BCUT2D eigenvalue weighted by Crippen LogP contribution is -2.51. The number of piperidine rings is 1. The van der Waals surface area contributed by atoms with Crippen molar-refractivity contribution in [3.8, 4) is 0 Å². The number of hydrogen-bond acceptors (Lipinski definition) is 2. The van der Waals surface area contributed by atoms with Crippen molar-refractivity contribution in [3.63, 3.8) is 0 Å². The molecule has 114 valence electrons. The van der Waals surface area contributed by atoms with Crippen molar-refractivity contribution in [3.05, 3.63) is 34.9 Å². The summed E-state index contributed by atoms with van der Waals surface area (Å²) in [6.45, 7) is 2.66. The minimum absolute atomic E-state index is 0.739. The van der Waals surface area contributed by atoms with Gasteiger partial charge in [-0.05, 0) is 75.2 Å². The topological polar surface area (TPSA) is 15.3 Å². The molecule has 0 spiro atoms. The third kappa shape index (κ3) is 2.99. The monoisotopic (exact) mass is 304 g/mol. The van der Waals surface area contributed by atoms with Crippen molar-refractivity contribution < 1.29 is 0 Å². The Labute approximate surface area is 132 Å². The fourth-order valence-corrected chi connectivity index (χ4v) is 4.60. The lowest BCUT2D eigenvalue weighted by atomic mass is 9.75. The average Bonchev–Trinajstić information content (AvgIpc) is 2.91. The largest absolute Gasteiger partial charge is 0.311 e. The van der Waals surface area contributed by atoms with Gasteiger partial charge >= 0.3 is 0 Å². The molecule has 0 bridgehead atoms. The molecule has 1 aromatic rings. The molecule has 3 aliphatic rings. The number of nitrogens with zero attached hydrogens (tertiary/aromatic N) is 1. The van der Waals surface area contributed by atoms with Crippen LogP contribution in [0, 0.1) is 0 Å². The molecule has 2 atom stereocenters. The molecule has 2 heterocycles. The van der Waals surface area contributed by atoms with Gasteiger partial charge in [0.25, 0.3) is 0 Å². The van der Waals surface area contributed by atoms with E-state index in [4.69, 9.17) is 11.6 Å². The molecule has 1 aliphatic carbocycles. The Morgan fingerprint density at radius 3 is 2.57 bits per heavy atom. The van der Waals surface area contributed by atoms with Crippen molar-refractivity contribution in [1.29, 1.82) is 0 Å². The summed E-state index contributed by atoms with van der Waals surface area (Å²) in [4.78, 5) is 2.70. The molecule has 0 aromatic heterocycles. The first kappa shape index (κ1) is 14.0. The van der Waals surface area contributed by atoms with Gasteiger partial charge in [-0.25, -0.2) is 0 Å². The summed E-state index contributed by atoms with van der Waals surface area (Å²) < 4.78 is 0. The zero-order chi connectivity index (χ0) is 14.2. The van der Waals surface area contributed by atoms with Crippen LogP contribution in [0.4, 0.5) is 0 Å². The van der Waals surface area contributed by atoms with Crippen LogP contribution in [0.5, 0.6) is 0 Å². The van der Waals surface area contributed by atoms with Gasteiger partial charge in [0.2, 0.25) is 0 Å². The van der Waals surface area contributed by atoms with E-state index in [2.05, 4.69) is 22.3 Å². The zero-order valence-electron chi connectivity index (χ0n) is 12.6. The van der Waals surface area contributed by atoms with Gasteiger partial charge in [-0.2, -0.15) is 0 Å². The molecule has 4 rings (SSSR count). The van der Waals surface area contributed by atoms with Crippen LogP contribution in [0.3, 0.4) is 0 Å². The summed E-state index contributed by atoms with van der Waals surface area (Å²) in [7, 11) is 0. The first-order chi connectivity index (χ1) is 10.3. The molecule has 2 aliphatic heterocycles. The SMILES string of the molecule is Clc1ccc(C2CC(NC3CCN4CCCC4C3)C2)cc1. The molecule has 0 amide bonds. The summed E-state index contributed by atoms with van der Waals surface area (Å²) in [6.07, 6.45) is 8.16. The van der Waals surface area contributed by atoms with Crippen LogP contribution in [0.2, 0.25) is 5.02 Å². The second kappa shape index (κ2) is 5.91. The standard InChI is InChI=1S/C18H25ClN2/c19-15-5-3-13(4-6-15)14-10-17(11-14)20-16-7-9-21-8-1-2-18(21)12-16/h3-6,14,16-18,20H,1-2,7-12H2. The van der Waals surface area contributed by atoms with Crippen LogP contribution in [-0.2, 0) is 0 Å². The van der Waals surface area contributed by atoms with Gasteiger partial charge < -0.3 is 10.2 Å². The average molecular weight is 305 g/mol.